The van der Waals surface area contributed by atoms with Gasteiger partial charge in [-0.15, -0.1) is 5.10 Å². The predicted octanol–water partition coefficient (Wildman–Crippen LogP) is 3.83. The smallest absolute Gasteiger partial charge is 0.129 e. The number of anilines is 1. The van der Waals surface area contributed by atoms with E-state index >= 15 is 0 Å². The molecule has 1 aliphatic heterocycles. The van der Waals surface area contributed by atoms with Crippen molar-refractivity contribution in [2.45, 2.75) is 26.8 Å². The van der Waals surface area contributed by atoms with Crippen molar-refractivity contribution < 1.29 is 0 Å². The molecule has 4 rings (SSSR count). The molecule has 3 aromatic rings. The summed E-state index contributed by atoms with van der Waals surface area (Å²) in [6.45, 7) is 5.77. The van der Waals surface area contributed by atoms with Gasteiger partial charge in [-0.2, -0.15) is 0 Å². The van der Waals surface area contributed by atoms with Crippen LogP contribution in [0.2, 0.25) is 5.02 Å². The Labute approximate surface area is 149 Å². The molecule has 24 heavy (non-hydrogen) atoms. The summed E-state index contributed by atoms with van der Waals surface area (Å²) >= 11 is 7.87. The molecule has 0 aromatic carbocycles. The summed E-state index contributed by atoms with van der Waals surface area (Å²) in [7, 11) is 0. The molecule has 3 aromatic heterocycles. The van der Waals surface area contributed by atoms with Crippen molar-refractivity contribution >= 4 is 29.0 Å². The Morgan fingerprint density at radius 3 is 2.88 bits per heavy atom. The summed E-state index contributed by atoms with van der Waals surface area (Å²) in [6, 6.07) is 4.15. The lowest BCUT2D eigenvalue weighted by Crippen LogP contribution is -2.30. The number of rotatable bonds is 2. The van der Waals surface area contributed by atoms with Gasteiger partial charge >= 0.3 is 0 Å². The number of halogens is 1. The molecular weight excluding hydrogens is 342 g/mol. The van der Waals surface area contributed by atoms with E-state index in [2.05, 4.69) is 37.4 Å². The van der Waals surface area contributed by atoms with E-state index in [9.17, 15) is 0 Å². The van der Waals surface area contributed by atoms with Crippen molar-refractivity contribution in [2.24, 2.45) is 0 Å². The first-order valence-corrected chi connectivity index (χ1v) is 8.91. The van der Waals surface area contributed by atoms with Crippen LogP contribution in [0.4, 0.5) is 5.82 Å². The van der Waals surface area contributed by atoms with Gasteiger partial charge in [-0.25, -0.2) is 4.98 Å². The van der Waals surface area contributed by atoms with Crippen LogP contribution in [0.3, 0.4) is 0 Å². The SMILES string of the molecule is Cc1cnc(-c2cc(N3CCc4nnsc4C3)ncc2Cl)c(C)c1. The molecule has 1 aliphatic rings. The van der Waals surface area contributed by atoms with Crippen LogP contribution in [0.15, 0.2) is 24.5 Å². The molecule has 7 heteroatoms. The van der Waals surface area contributed by atoms with Gasteiger partial charge in [0.05, 0.1) is 27.8 Å². The van der Waals surface area contributed by atoms with E-state index in [1.165, 1.54) is 16.4 Å². The zero-order chi connectivity index (χ0) is 16.7. The normalized spacial score (nSPS) is 13.9. The van der Waals surface area contributed by atoms with Gasteiger partial charge in [0.25, 0.3) is 0 Å². The van der Waals surface area contributed by atoms with E-state index in [0.29, 0.717) is 5.02 Å². The highest BCUT2D eigenvalue weighted by Gasteiger charge is 2.21. The lowest BCUT2D eigenvalue weighted by atomic mass is 10.1. The number of aromatic nitrogens is 4. The van der Waals surface area contributed by atoms with Crippen molar-refractivity contribution in [3.8, 4) is 11.3 Å². The van der Waals surface area contributed by atoms with Gasteiger partial charge in [0.15, 0.2) is 0 Å². The second kappa shape index (κ2) is 6.11. The zero-order valence-electron chi connectivity index (χ0n) is 13.5. The van der Waals surface area contributed by atoms with Crippen molar-refractivity contribution in [3.05, 3.63) is 51.2 Å². The van der Waals surface area contributed by atoms with E-state index in [1.807, 2.05) is 19.2 Å². The van der Waals surface area contributed by atoms with Crippen LogP contribution >= 0.6 is 23.1 Å². The maximum atomic E-state index is 6.41. The highest BCUT2D eigenvalue weighted by molar-refractivity contribution is 7.05. The summed E-state index contributed by atoms with van der Waals surface area (Å²) in [5, 5.41) is 4.79. The van der Waals surface area contributed by atoms with Gasteiger partial charge in [-0.05, 0) is 42.6 Å². The monoisotopic (exact) mass is 357 g/mol. The summed E-state index contributed by atoms with van der Waals surface area (Å²) in [5.74, 6) is 0.912. The minimum Gasteiger partial charge on any atom is -0.351 e. The summed E-state index contributed by atoms with van der Waals surface area (Å²) in [4.78, 5) is 12.6. The van der Waals surface area contributed by atoms with Gasteiger partial charge in [0.1, 0.15) is 5.82 Å². The highest BCUT2D eigenvalue weighted by atomic mass is 35.5. The molecule has 0 radical (unpaired) electrons. The first kappa shape index (κ1) is 15.5. The van der Waals surface area contributed by atoms with Crippen molar-refractivity contribution in [3.63, 3.8) is 0 Å². The molecule has 0 fully saturated rings. The molecule has 0 aliphatic carbocycles. The maximum Gasteiger partial charge on any atom is 0.129 e. The van der Waals surface area contributed by atoms with Crippen LogP contribution in [0.1, 0.15) is 21.7 Å². The minimum absolute atomic E-state index is 0.621. The van der Waals surface area contributed by atoms with E-state index < -0.39 is 0 Å². The van der Waals surface area contributed by atoms with Gasteiger partial charge in [-0.1, -0.05) is 22.2 Å². The molecule has 4 heterocycles. The number of hydrogen-bond donors (Lipinski definition) is 0. The van der Waals surface area contributed by atoms with Crippen LogP contribution in [0, 0.1) is 13.8 Å². The van der Waals surface area contributed by atoms with Crippen molar-refractivity contribution in [1.29, 1.82) is 0 Å². The molecule has 0 amide bonds. The fraction of sp³-hybridized carbons (Fsp3) is 0.294. The molecule has 0 N–H and O–H groups in total. The van der Waals surface area contributed by atoms with E-state index in [1.54, 1.807) is 6.20 Å². The first-order chi connectivity index (χ1) is 11.6. The third kappa shape index (κ3) is 2.76. The Balaban J connectivity index is 1.72. The molecule has 0 unspecified atom stereocenters. The number of nitrogens with zero attached hydrogens (tertiary/aromatic N) is 5. The summed E-state index contributed by atoms with van der Waals surface area (Å²) in [6.07, 6.45) is 4.48. The Morgan fingerprint density at radius 2 is 2.04 bits per heavy atom. The molecule has 0 saturated heterocycles. The van der Waals surface area contributed by atoms with Crippen LogP contribution < -0.4 is 4.90 Å². The lowest BCUT2D eigenvalue weighted by Gasteiger charge is -2.27. The molecule has 0 saturated carbocycles. The topological polar surface area (TPSA) is 54.8 Å². The van der Waals surface area contributed by atoms with E-state index in [0.717, 1.165) is 53.4 Å². The van der Waals surface area contributed by atoms with Crippen LogP contribution in [0.25, 0.3) is 11.3 Å². The van der Waals surface area contributed by atoms with E-state index in [4.69, 9.17) is 11.6 Å². The van der Waals surface area contributed by atoms with Crippen LogP contribution in [-0.2, 0) is 13.0 Å². The number of hydrogen-bond acceptors (Lipinski definition) is 6. The Bertz CT molecular complexity index is 908. The van der Waals surface area contributed by atoms with Gasteiger partial charge in [-0.3, -0.25) is 4.98 Å². The standard InChI is InChI=1S/C17H16ClN5S/c1-10-5-11(2)17(20-7-10)12-6-16(19-8-13(12)18)23-4-3-14-15(9-23)24-22-21-14/h5-8H,3-4,9H2,1-2H3. The first-order valence-electron chi connectivity index (χ1n) is 7.76. The number of pyridine rings is 2. The lowest BCUT2D eigenvalue weighted by molar-refractivity contribution is 0.714. The van der Waals surface area contributed by atoms with Gasteiger partial charge < -0.3 is 4.90 Å². The summed E-state index contributed by atoms with van der Waals surface area (Å²) < 4.78 is 4.04. The minimum atomic E-state index is 0.621. The number of aryl methyl sites for hydroxylation is 2. The summed E-state index contributed by atoms with van der Waals surface area (Å²) in [5.41, 5.74) is 5.20. The largest absolute Gasteiger partial charge is 0.351 e. The average molecular weight is 358 g/mol. The Hall–Kier alpha value is -2.05. The number of fused-ring (bicyclic) bond motifs is 1. The van der Waals surface area contributed by atoms with Crippen molar-refractivity contribution in [1.82, 2.24) is 19.6 Å². The van der Waals surface area contributed by atoms with Gasteiger partial charge in [0, 0.05) is 30.9 Å². The molecular formula is C17H16ClN5S. The molecule has 5 nitrogen and oxygen atoms in total. The predicted molar refractivity (Wildman–Crippen MR) is 96.6 cm³/mol. The molecule has 0 spiro atoms. The third-order valence-electron chi connectivity index (χ3n) is 4.22. The van der Waals surface area contributed by atoms with Crippen molar-refractivity contribution in [2.75, 3.05) is 11.4 Å². The Kier molecular flexibility index (Phi) is 3.94. The quantitative estimate of drug-likeness (QED) is 0.697. The van der Waals surface area contributed by atoms with E-state index in [-0.39, 0.29) is 0 Å². The van der Waals surface area contributed by atoms with Gasteiger partial charge in [0.2, 0.25) is 0 Å². The molecule has 0 bridgehead atoms. The fourth-order valence-electron chi connectivity index (χ4n) is 3.01. The second-order valence-electron chi connectivity index (χ2n) is 6.01. The van der Waals surface area contributed by atoms with Crippen LogP contribution in [-0.4, -0.2) is 26.1 Å². The molecule has 122 valence electrons. The molecule has 0 atom stereocenters. The second-order valence-corrected chi connectivity index (χ2v) is 7.26. The highest BCUT2D eigenvalue weighted by Crippen LogP contribution is 2.33. The Morgan fingerprint density at radius 1 is 1.17 bits per heavy atom. The third-order valence-corrected chi connectivity index (χ3v) is 5.27. The van der Waals surface area contributed by atoms with Crippen LogP contribution in [0.5, 0.6) is 0 Å². The zero-order valence-corrected chi connectivity index (χ0v) is 15.0. The average Bonchev–Trinajstić information content (AvgIpc) is 3.03. The maximum absolute atomic E-state index is 6.41. The fourth-order valence-corrected chi connectivity index (χ4v) is 3.90.